The van der Waals surface area contributed by atoms with E-state index in [9.17, 15) is 0 Å². The molecule has 0 unspecified atom stereocenters. The fraction of sp³-hybridized carbons (Fsp3) is 0.812. The van der Waals surface area contributed by atoms with Crippen LogP contribution < -0.4 is 0 Å². The first-order valence-corrected chi connectivity index (χ1v) is 7.32. The highest BCUT2D eigenvalue weighted by Crippen LogP contribution is 2.17. The fourth-order valence-corrected chi connectivity index (χ4v) is 2.06. The molecule has 0 bridgehead atoms. The van der Waals surface area contributed by atoms with Crippen molar-refractivity contribution in [2.45, 2.75) is 85.0 Å². The van der Waals surface area contributed by atoms with E-state index in [0.717, 1.165) is 0 Å². The average Bonchev–Trinajstić information content (AvgIpc) is 2.30. The minimum atomic E-state index is 1.32. The summed E-state index contributed by atoms with van der Waals surface area (Å²) in [6, 6.07) is 0. The summed E-state index contributed by atoms with van der Waals surface area (Å²) in [5.74, 6) is 0. The van der Waals surface area contributed by atoms with Crippen molar-refractivity contribution in [2.24, 2.45) is 0 Å². The van der Waals surface area contributed by atoms with Gasteiger partial charge in [-0.25, -0.2) is 0 Å². The number of hydrogen-bond acceptors (Lipinski definition) is 0. The second-order valence-corrected chi connectivity index (χ2v) is 4.78. The molecule has 0 aliphatic carbocycles. The third kappa shape index (κ3) is 10.3. The van der Waals surface area contributed by atoms with Gasteiger partial charge in [0.15, 0.2) is 0 Å². The van der Waals surface area contributed by atoms with E-state index in [1.807, 2.05) is 0 Å². The number of rotatable bonds is 11. The number of hydrogen-bond donors (Lipinski definition) is 0. The summed E-state index contributed by atoms with van der Waals surface area (Å²) in [5.41, 5.74) is 1.67. The quantitative estimate of drug-likeness (QED) is 0.372. The molecule has 0 aliphatic rings. The van der Waals surface area contributed by atoms with Crippen LogP contribution in [-0.2, 0) is 0 Å². The van der Waals surface area contributed by atoms with Crippen molar-refractivity contribution in [2.75, 3.05) is 0 Å². The van der Waals surface area contributed by atoms with Crippen LogP contribution in [-0.4, -0.2) is 0 Å². The van der Waals surface area contributed by atoms with Crippen molar-refractivity contribution >= 4 is 0 Å². The SMILES string of the molecule is C[CH]C=C(CCCC)CCCCCCCC. The van der Waals surface area contributed by atoms with Crippen LogP contribution in [0.5, 0.6) is 0 Å². The Morgan fingerprint density at radius 2 is 1.31 bits per heavy atom. The summed E-state index contributed by atoms with van der Waals surface area (Å²) >= 11 is 0. The lowest BCUT2D eigenvalue weighted by Gasteiger charge is -2.06. The number of allylic oxidation sites excluding steroid dienone is 2. The maximum Gasteiger partial charge on any atom is -0.0199 e. The molecule has 16 heavy (non-hydrogen) atoms. The van der Waals surface area contributed by atoms with E-state index in [-0.39, 0.29) is 0 Å². The van der Waals surface area contributed by atoms with E-state index in [1.54, 1.807) is 5.57 Å². The predicted molar refractivity (Wildman–Crippen MR) is 75.6 cm³/mol. The molecule has 0 nitrogen and oxygen atoms in total. The van der Waals surface area contributed by atoms with Gasteiger partial charge in [-0.15, -0.1) is 0 Å². The van der Waals surface area contributed by atoms with Crippen molar-refractivity contribution in [1.29, 1.82) is 0 Å². The van der Waals surface area contributed by atoms with Gasteiger partial charge in [0.2, 0.25) is 0 Å². The number of unbranched alkanes of at least 4 members (excludes halogenated alkanes) is 6. The average molecular weight is 223 g/mol. The van der Waals surface area contributed by atoms with Crippen LogP contribution >= 0.6 is 0 Å². The molecule has 0 rings (SSSR count). The molecule has 95 valence electrons. The van der Waals surface area contributed by atoms with E-state index in [2.05, 4.69) is 33.3 Å². The molecule has 0 aromatic carbocycles. The molecule has 0 saturated carbocycles. The van der Waals surface area contributed by atoms with Crippen LogP contribution in [0, 0.1) is 6.42 Å². The first-order valence-electron chi connectivity index (χ1n) is 7.32. The second-order valence-electron chi connectivity index (χ2n) is 4.78. The molecule has 0 aromatic rings. The van der Waals surface area contributed by atoms with Crippen LogP contribution in [0.3, 0.4) is 0 Å². The Morgan fingerprint density at radius 1 is 0.750 bits per heavy atom. The van der Waals surface area contributed by atoms with Crippen LogP contribution in [0.2, 0.25) is 0 Å². The van der Waals surface area contributed by atoms with Crippen LogP contribution in [0.15, 0.2) is 11.6 Å². The summed E-state index contributed by atoms with van der Waals surface area (Å²) in [6.07, 6.45) is 18.3. The van der Waals surface area contributed by atoms with E-state index in [4.69, 9.17) is 0 Å². The lowest BCUT2D eigenvalue weighted by Crippen LogP contribution is -1.87. The van der Waals surface area contributed by atoms with Crippen molar-refractivity contribution in [3.8, 4) is 0 Å². The van der Waals surface area contributed by atoms with Crippen molar-refractivity contribution < 1.29 is 0 Å². The highest BCUT2D eigenvalue weighted by atomic mass is 14.0. The van der Waals surface area contributed by atoms with Gasteiger partial charge in [0.25, 0.3) is 0 Å². The zero-order valence-electron chi connectivity index (χ0n) is 11.7. The second kappa shape index (κ2) is 12.8. The van der Waals surface area contributed by atoms with Gasteiger partial charge in [0.05, 0.1) is 0 Å². The maximum atomic E-state index is 2.34. The molecule has 0 N–H and O–H groups in total. The van der Waals surface area contributed by atoms with Crippen molar-refractivity contribution in [3.63, 3.8) is 0 Å². The van der Waals surface area contributed by atoms with Crippen molar-refractivity contribution in [1.82, 2.24) is 0 Å². The molecule has 0 amide bonds. The molecule has 0 spiro atoms. The Morgan fingerprint density at radius 3 is 1.94 bits per heavy atom. The molecule has 0 saturated heterocycles. The zero-order valence-corrected chi connectivity index (χ0v) is 11.7. The predicted octanol–water partition coefficient (Wildman–Crippen LogP) is 6.08. The molecular weight excluding hydrogens is 192 g/mol. The minimum absolute atomic E-state index is 1.32. The highest BCUT2D eigenvalue weighted by Gasteiger charge is 1.97. The molecule has 0 aromatic heterocycles. The highest BCUT2D eigenvalue weighted by molar-refractivity contribution is 5.07. The summed E-state index contributed by atoms with van der Waals surface area (Å²) in [6.45, 7) is 6.69. The van der Waals surface area contributed by atoms with Crippen molar-refractivity contribution in [3.05, 3.63) is 18.1 Å². The lowest BCUT2D eigenvalue weighted by molar-refractivity contribution is 0.599. The van der Waals surface area contributed by atoms with Gasteiger partial charge in [0.1, 0.15) is 0 Å². The van der Waals surface area contributed by atoms with Gasteiger partial charge in [-0.1, -0.05) is 70.9 Å². The smallest absolute Gasteiger partial charge is 0.0199 e. The largest absolute Gasteiger partial charge is 0.0819 e. The normalized spacial score (nSPS) is 12.1. The molecule has 0 atom stereocenters. The molecule has 0 aliphatic heterocycles. The van der Waals surface area contributed by atoms with Crippen LogP contribution in [0.1, 0.15) is 85.0 Å². The van der Waals surface area contributed by atoms with E-state index < -0.39 is 0 Å². The molecule has 1 radical (unpaired) electrons. The zero-order chi connectivity index (χ0) is 12.1. The summed E-state index contributed by atoms with van der Waals surface area (Å²) in [5, 5.41) is 0. The van der Waals surface area contributed by atoms with E-state index in [1.165, 1.54) is 64.2 Å². The maximum absolute atomic E-state index is 2.34. The Kier molecular flexibility index (Phi) is 12.6. The Balaban J connectivity index is 3.48. The van der Waals surface area contributed by atoms with Gasteiger partial charge < -0.3 is 0 Å². The topological polar surface area (TPSA) is 0 Å². The molecule has 0 heterocycles. The fourth-order valence-electron chi connectivity index (χ4n) is 2.06. The van der Waals surface area contributed by atoms with Gasteiger partial charge in [0, 0.05) is 0 Å². The third-order valence-corrected chi connectivity index (χ3v) is 3.11. The standard InChI is InChI=1S/C16H31/c1-4-7-9-10-11-12-15-16(13-6-3)14-8-5-2/h6,13H,4-5,7-12,14-15H2,1-3H3. The lowest BCUT2D eigenvalue weighted by atomic mass is 10.00. The van der Waals surface area contributed by atoms with Crippen LogP contribution in [0.4, 0.5) is 0 Å². The van der Waals surface area contributed by atoms with Gasteiger partial charge in [-0.2, -0.15) is 0 Å². The van der Waals surface area contributed by atoms with E-state index >= 15 is 0 Å². The minimum Gasteiger partial charge on any atom is -0.0819 e. The Bertz CT molecular complexity index is 155. The Labute approximate surface area is 104 Å². The monoisotopic (exact) mass is 223 g/mol. The summed E-state index contributed by atoms with van der Waals surface area (Å²) in [7, 11) is 0. The summed E-state index contributed by atoms with van der Waals surface area (Å²) < 4.78 is 0. The van der Waals surface area contributed by atoms with Gasteiger partial charge >= 0.3 is 0 Å². The molecular formula is C16H31. The van der Waals surface area contributed by atoms with Gasteiger partial charge in [-0.3, -0.25) is 0 Å². The summed E-state index contributed by atoms with van der Waals surface area (Å²) in [4.78, 5) is 0. The van der Waals surface area contributed by atoms with Gasteiger partial charge in [-0.05, 0) is 32.1 Å². The molecule has 0 fully saturated rings. The van der Waals surface area contributed by atoms with Crippen LogP contribution in [0.25, 0.3) is 0 Å². The molecule has 0 heteroatoms. The first-order chi connectivity index (χ1) is 7.85. The first kappa shape index (κ1) is 15.7. The third-order valence-electron chi connectivity index (χ3n) is 3.11. The Hall–Kier alpha value is -0.260. The van der Waals surface area contributed by atoms with E-state index in [0.29, 0.717) is 0 Å².